The first kappa shape index (κ1) is 10.4. The number of hydrogen-bond acceptors (Lipinski definition) is 5. The lowest BCUT2D eigenvalue weighted by atomic mass is 10.1. The molecule has 0 aliphatic carbocycles. The standard InChI is InChI=1S/C11H13N5/c1-8-4-5-13-6-9(8)7-14-11-3-2-10(12)15-16-11/h2-6H,7H2,1H3,(H2,12,15)(H,14,16). The Morgan fingerprint density at radius 3 is 2.81 bits per heavy atom. The Labute approximate surface area is 93.7 Å². The first-order chi connectivity index (χ1) is 7.75. The molecule has 2 aromatic rings. The number of nitrogens with two attached hydrogens (primary N) is 1. The molecule has 5 nitrogen and oxygen atoms in total. The average molecular weight is 215 g/mol. The van der Waals surface area contributed by atoms with E-state index in [0.717, 1.165) is 5.56 Å². The molecular formula is C11H13N5. The highest BCUT2D eigenvalue weighted by Gasteiger charge is 1.98. The predicted octanol–water partition coefficient (Wildman–Crippen LogP) is 1.37. The van der Waals surface area contributed by atoms with Crippen LogP contribution in [0.3, 0.4) is 0 Å². The van der Waals surface area contributed by atoms with Crippen molar-refractivity contribution < 1.29 is 0 Å². The fourth-order valence-corrected chi connectivity index (χ4v) is 1.30. The molecule has 5 heteroatoms. The summed E-state index contributed by atoms with van der Waals surface area (Å²) in [7, 11) is 0. The van der Waals surface area contributed by atoms with E-state index in [2.05, 4.69) is 20.5 Å². The van der Waals surface area contributed by atoms with Crippen molar-refractivity contribution in [3.8, 4) is 0 Å². The van der Waals surface area contributed by atoms with E-state index in [1.165, 1.54) is 5.56 Å². The largest absolute Gasteiger partial charge is 0.382 e. The minimum atomic E-state index is 0.420. The second-order valence-electron chi connectivity index (χ2n) is 3.50. The number of rotatable bonds is 3. The molecule has 0 saturated carbocycles. The molecule has 0 aromatic carbocycles. The number of nitrogens with zero attached hydrogens (tertiary/aromatic N) is 3. The van der Waals surface area contributed by atoms with Gasteiger partial charge >= 0.3 is 0 Å². The minimum absolute atomic E-state index is 0.420. The Hall–Kier alpha value is -2.17. The molecule has 0 saturated heterocycles. The summed E-state index contributed by atoms with van der Waals surface area (Å²) in [6.45, 7) is 2.73. The van der Waals surface area contributed by atoms with Crippen LogP contribution < -0.4 is 11.1 Å². The van der Waals surface area contributed by atoms with Gasteiger partial charge in [-0.3, -0.25) is 4.98 Å². The van der Waals surface area contributed by atoms with Crippen molar-refractivity contribution in [3.63, 3.8) is 0 Å². The molecule has 0 aliphatic heterocycles. The molecule has 0 unspecified atom stereocenters. The Balaban J connectivity index is 2.02. The van der Waals surface area contributed by atoms with Gasteiger partial charge in [-0.2, -0.15) is 0 Å². The number of hydrogen-bond donors (Lipinski definition) is 2. The highest BCUT2D eigenvalue weighted by Crippen LogP contribution is 2.08. The van der Waals surface area contributed by atoms with Crippen LogP contribution in [0.5, 0.6) is 0 Å². The third kappa shape index (κ3) is 2.44. The van der Waals surface area contributed by atoms with E-state index in [4.69, 9.17) is 5.73 Å². The van der Waals surface area contributed by atoms with Gasteiger partial charge in [0.25, 0.3) is 0 Å². The third-order valence-corrected chi connectivity index (χ3v) is 2.29. The number of aryl methyl sites for hydroxylation is 1. The second-order valence-corrected chi connectivity index (χ2v) is 3.50. The lowest BCUT2D eigenvalue weighted by Crippen LogP contribution is -2.04. The van der Waals surface area contributed by atoms with Crippen LogP contribution in [0.15, 0.2) is 30.6 Å². The van der Waals surface area contributed by atoms with Gasteiger partial charge in [0.2, 0.25) is 0 Å². The Morgan fingerprint density at radius 1 is 1.25 bits per heavy atom. The van der Waals surface area contributed by atoms with Crippen LogP contribution in [0, 0.1) is 6.92 Å². The monoisotopic (exact) mass is 215 g/mol. The normalized spacial score (nSPS) is 10.1. The van der Waals surface area contributed by atoms with Gasteiger partial charge in [-0.25, -0.2) is 0 Å². The predicted molar refractivity (Wildman–Crippen MR) is 62.7 cm³/mol. The van der Waals surface area contributed by atoms with E-state index in [1.807, 2.05) is 19.2 Å². The van der Waals surface area contributed by atoms with Gasteiger partial charge in [-0.1, -0.05) is 0 Å². The maximum atomic E-state index is 5.45. The van der Waals surface area contributed by atoms with Crippen LogP contribution in [0.2, 0.25) is 0 Å². The lowest BCUT2D eigenvalue weighted by Gasteiger charge is -2.06. The van der Waals surface area contributed by atoms with Crippen LogP contribution in [-0.2, 0) is 6.54 Å². The average Bonchev–Trinajstić information content (AvgIpc) is 2.30. The van der Waals surface area contributed by atoms with Crippen molar-refractivity contribution in [3.05, 3.63) is 41.7 Å². The van der Waals surface area contributed by atoms with Gasteiger partial charge < -0.3 is 11.1 Å². The van der Waals surface area contributed by atoms with Crippen molar-refractivity contribution in [2.75, 3.05) is 11.1 Å². The van der Waals surface area contributed by atoms with Crippen molar-refractivity contribution in [1.82, 2.24) is 15.2 Å². The zero-order valence-corrected chi connectivity index (χ0v) is 9.01. The Bertz CT molecular complexity index is 466. The molecule has 0 radical (unpaired) electrons. The number of anilines is 2. The van der Waals surface area contributed by atoms with Crippen molar-refractivity contribution in [2.24, 2.45) is 0 Å². The van der Waals surface area contributed by atoms with E-state index < -0.39 is 0 Å². The van der Waals surface area contributed by atoms with E-state index in [9.17, 15) is 0 Å². The van der Waals surface area contributed by atoms with Crippen LogP contribution >= 0.6 is 0 Å². The number of aromatic nitrogens is 3. The molecule has 0 bridgehead atoms. The zero-order valence-electron chi connectivity index (χ0n) is 9.01. The Morgan fingerprint density at radius 2 is 2.12 bits per heavy atom. The van der Waals surface area contributed by atoms with Crippen LogP contribution in [0.4, 0.5) is 11.6 Å². The summed E-state index contributed by atoms with van der Waals surface area (Å²) >= 11 is 0. The molecule has 3 N–H and O–H groups in total. The van der Waals surface area contributed by atoms with Crippen molar-refractivity contribution in [2.45, 2.75) is 13.5 Å². The minimum Gasteiger partial charge on any atom is -0.382 e. The van der Waals surface area contributed by atoms with Gasteiger partial charge in [0.15, 0.2) is 0 Å². The lowest BCUT2D eigenvalue weighted by molar-refractivity contribution is 0.997. The molecule has 0 fully saturated rings. The van der Waals surface area contributed by atoms with E-state index in [1.54, 1.807) is 18.3 Å². The SMILES string of the molecule is Cc1ccncc1CNc1ccc(N)nn1. The summed E-state index contributed by atoms with van der Waals surface area (Å²) in [6, 6.07) is 5.49. The summed E-state index contributed by atoms with van der Waals surface area (Å²) < 4.78 is 0. The van der Waals surface area contributed by atoms with E-state index in [-0.39, 0.29) is 0 Å². The van der Waals surface area contributed by atoms with Crippen LogP contribution in [0.1, 0.15) is 11.1 Å². The van der Waals surface area contributed by atoms with Gasteiger partial charge in [0, 0.05) is 18.9 Å². The number of pyridine rings is 1. The second kappa shape index (κ2) is 4.57. The van der Waals surface area contributed by atoms with Gasteiger partial charge in [-0.15, -0.1) is 10.2 Å². The summed E-state index contributed by atoms with van der Waals surface area (Å²) in [6.07, 6.45) is 3.62. The topological polar surface area (TPSA) is 76.7 Å². The molecule has 0 aliphatic rings. The molecule has 2 rings (SSSR count). The maximum Gasteiger partial charge on any atom is 0.149 e. The molecule has 2 aromatic heterocycles. The highest BCUT2D eigenvalue weighted by atomic mass is 15.2. The third-order valence-electron chi connectivity index (χ3n) is 2.29. The van der Waals surface area contributed by atoms with Crippen LogP contribution in [-0.4, -0.2) is 15.2 Å². The Kier molecular flexibility index (Phi) is 2.95. The van der Waals surface area contributed by atoms with Gasteiger partial charge in [0.05, 0.1) is 0 Å². The quantitative estimate of drug-likeness (QED) is 0.808. The fourth-order valence-electron chi connectivity index (χ4n) is 1.30. The molecule has 0 spiro atoms. The first-order valence-electron chi connectivity index (χ1n) is 4.98. The van der Waals surface area contributed by atoms with Gasteiger partial charge in [-0.05, 0) is 36.2 Å². The first-order valence-corrected chi connectivity index (χ1v) is 4.98. The summed E-state index contributed by atoms with van der Waals surface area (Å²) in [4.78, 5) is 4.08. The fraction of sp³-hybridized carbons (Fsp3) is 0.182. The highest BCUT2D eigenvalue weighted by molar-refractivity contribution is 5.39. The summed E-state index contributed by atoms with van der Waals surface area (Å²) in [5, 5.41) is 10.8. The zero-order chi connectivity index (χ0) is 11.4. The van der Waals surface area contributed by atoms with Crippen molar-refractivity contribution in [1.29, 1.82) is 0 Å². The molecule has 2 heterocycles. The van der Waals surface area contributed by atoms with Crippen molar-refractivity contribution >= 4 is 11.6 Å². The summed E-state index contributed by atoms with van der Waals surface area (Å²) in [5.74, 6) is 1.13. The molecule has 0 atom stereocenters. The van der Waals surface area contributed by atoms with Crippen LogP contribution in [0.25, 0.3) is 0 Å². The molecule has 16 heavy (non-hydrogen) atoms. The van der Waals surface area contributed by atoms with Gasteiger partial charge in [0.1, 0.15) is 11.6 Å². The smallest absolute Gasteiger partial charge is 0.149 e. The maximum absolute atomic E-state index is 5.45. The number of nitrogens with one attached hydrogen (secondary N) is 1. The van der Waals surface area contributed by atoms with E-state index >= 15 is 0 Å². The molecular weight excluding hydrogens is 202 g/mol. The van der Waals surface area contributed by atoms with E-state index in [0.29, 0.717) is 18.2 Å². The summed E-state index contributed by atoms with van der Waals surface area (Å²) in [5.41, 5.74) is 7.79. The molecule has 82 valence electrons. The molecule has 0 amide bonds. The number of nitrogen functional groups attached to an aromatic ring is 1.